The average molecular weight is 384 g/mol. The third kappa shape index (κ3) is 5.44. The smallest absolute Gasteiger partial charge is 0.327 e. The van der Waals surface area contributed by atoms with E-state index in [-0.39, 0.29) is 16.3 Å². The zero-order chi connectivity index (χ0) is 17.5. The van der Waals surface area contributed by atoms with Crippen LogP contribution < -0.4 is 5.32 Å². The van der Waals surface area contributed by atoms with E-state index in [1.807, 2.05) is 30.3 Å². The second-order valence-electron chi connectivity index (χ2n) is 4.99. The van der Waals surface area contributed by atoms with E-state index in [9.17, 15) is 14.7 Å². The molecule has 1 unspecified atom stereocenters. The van der Waals surface area contributed by atoms with Crippen LogP contribution in [-0.4, -0.2) is 28.8 Å². The Balaban J connectivity index is 1.95. The molecular formula is C17H15Cl2NO3S. The number of aliphatic carboxylic acids is 1. The first-order chi connectivity index (χ1) is 11.5. The predicted molar refractivity (Wildman–Crippen MR) is 98.0 cm³/mol. The monoisotopic (exact) mass is 383 g/mol. The Hall–Kier alpha value is -1.69. The fraction of sp³-hybridized carbons (Fsp3) is 0.176. The molecule has 1 atom stereocenters. The van der Waals surface area contributed by atoms with Crippen molar-refractivity contribution in [2.75, 3.05) is 5.75 Å². The Morgan fingerprint density at radius 3 is 2.46 bits per heavy atom. The van der Waals surface area contributed by atoms with Crippen molar-refractivity contribution in [3.63, 3.8) is 0 Å². The van der Waals surface area contributed by atoms with E-state index in [1.54, 1.807) is 0 Å². The van der Waals surface area contributed by atoms with Crippen LogP contribution in [0.3, 0.4) is 0 Å². The van der Waals surface area contributed by atoms with Gasteiger partial charge in [0.2, 0.25) is 0 Å². The summed E-state index contributed by atoms with van der Waals surface area (Å²) in [4.78, 5) is 23.6. The minimum absolute atomic E-state index is 0.182. The van der Waals surface area contributed by atoms with Crippen molar-refractivity contribution >= 4 is 46.8 Å². The molecule has 0 saturated carbocycles. The van der Waals surface area contributed by atoms with Crippen LogP contribution in [0.15, 0.2) is 48.5 Å². The van der Waals surface area contributed by atoms with Gasteiger partial charge in [0.05, 0.1) is 10.6 Å². The number of amides is 1. The zero-order valence-corrected chi connectivity index (χ0v) is 14.9. The highest BCUT2D eigenvalue weighted by atomic mass is 35.5. The summed E-state index contributed by atoms with van der Waals surface area (Å²) in [6, 6.07) is 13.1. The summed E-state index contributed by atoms with van der Waals surface area (Å²) in [7, 11) is 0. The quantitative estimate of drug-likeness (QED) is 0.754. The lowest BCUT2D eigenvalue weighted by molar-refractivity contribution is -0.138. The summed E-state index contributed by atoms with van der Waals surface area (Å²) in [5.41, 5.74) is 1.29. The molecule has 0 aliphatic heterocycles. The van der Waals surface area contributed by atoms with Crippen molar-refractivity contribution in [2.45, 2.75) is 11.8 Å². The molecule has 0 aliphatic rings. The molecule has 0 aromatic heterocycles. The van der Waals surface area contributed by atoms with Crippen LogP contribution in [0.2, 0.25) is 10.0 Å². The van der Waals surface area contributed by atoms with Gasteiger partial charge in [-0.3, -0.25) is 4.79 Å². The minimum atomic E-state index is -1.09. The maximum Gasteiger partial charge on any atom is 0.327 e. The fourth-order valence-electron chi connectivity index (χ4n) is 1.95. The molecule has 2 aromatic rings. The van der Waals surface area contributed by atoms with Crippen LogP contribution in [0.1, 0.15) is 15.9 Å². The molecule has 0 saturated heterocycles. The summed E-state index contributed by atoms with van der Waals surface area (Å²) in [5.74, 6) is -0.706. The van der Waals surface area contributed by atoms with Gasteiger partial charge in [0.15, 0.2) is 0 Å². The average Bonchev–Trinajstić information content (AvgIpc) is 2.54. The van der Waals surface area contributed by atoms with E-state index in [0.717, 1.165) is 5.56 Å². The van der Waals surface area contributed by atoms with Crippen LogP contribution in [0.5, 0.6) is 0 Å². The molecule has 0 bridgehead atoms. The number of carboxylic acid groups (broad SMARTS) is 1. The summed E-state index contributed by atoms with van der Waals surface area (Å²) < 4.78 is 0. The largest absolute Gasteiger partial charge is 0.480 e. The van der Waals surface area contributed by atoms with Crippen molar-refractivity contribution in [1.82, 2.24) is 5.32 Å². The van der Waals surface area contributed by atoms with Gasteiger partial charge in [-0.15, -0.1) is 0 Å². The number of nitrogens with one attached hydrogen (secondary N) is 1. The van der Waals surface area contributed by atoms with Gasteiger partial charge in [-0.25, -0.2) is 4.79 Å². The van der Waals surface area contributed by atoms with Gasteiger partial charge in [-0.2, -0.15) is 11.8 Å². The van der Waals surface area contributed by atoms with E-state index in [4.69, 9.17) is 23.2 Å². The van der Waals surface area contributed by atoms with Gasteiger partial charge < -0.3 is 10.4 Å². The number of halogens is 2. The molecule has 0 radical (unpaired) electrons. The highest BCUT2D eigenvalue weighted by Gasteiger charge is 2.22. The van der Waals surface area contributed by atoms with Crippen molar-refractivity contribution in [3.05, 3.63) is 69.7 Å². The van der Waals surface area contributed by atoms with E-state index in [1.165, 1.54) is 30.0 Å². The summed E-state index contributed by atoms with van der Waals surface area (Å²) in [5, 5.41) is 12.4. The zero-order valence-electron chi connectivity index (χ0n) is 12.5. The van der Waals surface area contributed by atoms with Gasteiger partial charge in [0, 0.05) is 16.5 Å². The Kier molecular flexibility index (Phi) is 6.97. The lowest BCUT2D eigenvalue weighted by Gasteiger charge is -2.15. The number of carbonyl (C=O) groups is 2. The minimum Gasteiger partial charge on any atom is -0.480 e. The number of carbonyl (C=O) groups excluding carboxylic acids is 1. The lowest BCUT2D eigenvalue weighted by Crippen LogP contribution is -2.42. The number of rotatable bonds is 7. The first kappa shape index (κ1) is 18.6. The second kappa shape index (κ2) is 8.97. The van der Waals surface area contributed by atoms with Crippen LogP contribution in [-0.2, 0) is 10.5 Å². The molecular weight excluding hydrogens is 369 g/mol. The highest BCUT2D eigenvalue weighted by molar-refractivity contribution is 7.98. The summed E-state index contributed by atoms with van der Waals surface area (Å²) in [6.07, 6.45) is 0. The molecule has 0 aliphatic carbocycles. The van der Waals surface area contributed by atoms with E-state index < -0.39 is 17.9 Å². The number of hydrogen-bond donors (Lipinski definition) is 2. The standard InChI is InChI=1S/C17H15Cl2NO3S/c18-12-6-7-13(14(19)8-12)16(21)20-15(17(22)23)10-24-9-11-4-2-1-3-5-11/h1-8,15H,9-10H2,(H,20,21)(H,22,23). The van der Waals surface area contributed by atoms with Gasteiger partial charge in [0.25, 0.3) is 5.91 Å². The van der Waals surface area contributed by atoms with E-state index in [2.05, 4.69) is 5.32 Å². The van der Waals surface area contributed by atoms with Crippen molar-refractivity contribution in [1.29, 1.82) is 0 Å². The molecule has 0 heterocycles. The predicted octanol–water partition coefficient (Wildman–Crippen LogP) is 4.11. The van der Waals surface area contributed by atoms with Gasteiger partial charge in [-0.05, 0) is 23.8 Å². The van der Waals surface area contributed by atoms with Crippen molar-refractivity contribution < 1.29 is 14.7 Å². The maximum atomic E-state index is 12.2. The Labute approximate surface area is 154 Å². The first-order valence-electron chi connectivity index (χ1n) is 7.08. The molecule has 24 heavy (non-hydrogen) atoms. The highest BCUT2D eigenvalue weighted by Crippen LogP contribution is 2.21. The van der Waals surface area contributed by atoms with Gasteiger partial charge >= 0.3 is 5.97 Å². The summed E-state index contributed by atoms with van der Waals surface area (Å²) >= 11 is 13.2. The molecule has 2 aromatic carbocycles. The van der Waals surface area contributed by atoms with E-state index >= 15 is 0 Å². The molecule has 2 N–H and O–H groups in total. The fourth-order valence-corrected chi connectivity index (χ4v) is 3.46. The normalized spacial score (nSPS) is 11.8. The molecule has 1 amide bonds. The summed E-state index contributed by atoms with van der Waals surface area (Å²) in [6.45, 7) is 0. The van der Waals surface area contributed by atoms with Gasteiger partial charge in [-0.1, -0.05) is 53.5 Å². The molecule has 7 heteroatoms. The first-order valence-corrected chi connectivity index (χ1v) is 8.99. The van der Waals surface area contributed by atoms with Crippen LogP contribution >= 0.6 is 35.0 Å². The number of thioether (sulfide) groups is 1. The Morgan fingerprint density at radius 2 is 1.83 bits per heavy atom. The Morgan fingerprint density at radius 1 is 1.12 bits per heavy atom. The number of benzene rings is 2. The second-order valence-corrected chi connectivity index (χ2v) is 6.86. The van der Waals surface area contributed by atoms with Crippen molar-refractivity contribution in [2.24, 2.45) is 0 Å². The van der Waals surface area contributed by atoms with Crippen LogP contribution in [0, 0.1) is 0 Å². The third-order valence-corrected chi connectivity index (χ3v) is 4.83. The Bertz CT molecular complexity index is 725. The van der Waals surface area contributed by atoms with Crippen LogP contribution in [0.4, 0.5) is 0 Å². The topological polar surface area (TPSA) is 66.4 Å². The van der Waals surface area contributed by atoms with Gasteiger partial charge in [0.1, 0.15) is 6.04 Å². The third-order valence-electron chi connectivity index (χ3n) is 3.18. The van der Waals surface area contributed by atoms with Crippen LogP contribution in [0.25, 0.3) is 0 Å². The lowest BCUT2D eigenvalue weighted by atomic mass is 10.2. The SMILES string of the molecule is O=C(NC(CSCc1ccccc1)C(=O)O)c1ccc(Cl)cc1Cl. The number of carboxylic acids is 1. The van der Waals surface area contributed by atoms with E-state index in [0.29, 0.717) is 10.8 Å². The van der Waals surface area contributed by atoms with Crippen molar-refractivity contribution in [3.8, 4) is 0 Å². The molecule has 126 valence electrons. The number of hydrogen-bond acceptors (Lipinski definition) is 3. The molecule has 0 fully saturated rings. The molecule has 2 rings (SSSR count). The molecule has 4 nitrogen and oxygen atoms in total. The molecule has 0 spiro atoms. The maximum absolute atomic E-state index is 12.2.